The highest BCUT2D eigenvalue weighted by atomic mass is 35.5. The van der Waals surface area contributed by atoms with Gasteiger partial charge in [-0.25, -0.2) is 14.4 Å². The molecule has 0 bridgehead atoms. The first-order valence-electron chi connectivity index (χ1n) is 9.71. The van der Waals surface area contributed by atoms with E-state index in [-0.39, 0.29) is 30.7 Å². The molecule has 0 spiro atoms. The zero-order valence-corrected chi connectivity index (χ0v) is 19.6. The van der Waals surface area contributed by atoms with Gasteiger partial charge >= 0.3 is 0 Å². The Balaban J connectivity index is 0.00000289. The summed E-state index contributed by atoms with van der Waals surface area (Å²) < 4.78 is 21.6. The number of fused-ring (bicyclic) bond motifs is 1. The summed E-state index contributed by atoms with van der Waals surface area (Å²) in [6.07, 6.45) is 6.06. The normalized spacial score (nSPS) is 10.7. The summed E-state index contributed by atoms with van der Waals surface area (Å²) in [5.74, 6) is -0.152. The van der Waals surface area contributed by atoms with Crippen LogP contribution in [-0.4, -0.2) is 33.6 Å². The molecule has 168 valence electrons. The number of nitrogens with zero attached hydrogens (tertiary/aromatic N) is 4. The number of ether oxygens (including phenoxy) is 1. The van der Waals surface area contributed by atoms with Crippen molar-refractivity contribution >= 4 is 56.6 Å². The lowest BCUT2D eigenvalue weighted by molar-refractivity contribution is -0.120. The van der Waals surface area contributed by atoms with Gasteiger partial charge < -0.3 is 9.30 Å². The Morgan fingerprint density at radius 2 is 2.06 bits per heavy atom. The number of anilines is 1. The second-order valence-electron chi connectivity index (χ2n) is 7.01. The molecule has 0 unspecified atom stereocenters. The van der Waals surface area contributed by atoms with Crippen molar-refractivity contribution in [2.75, 3.05) is 18.1 Å². The summed E-state index contributed by atoms with van der Waals surface area (Å²) in [6.45, 7) is 2.96. The molecule has 6 nitrogen and oxygen atoms in total. The molecule has 32 heavy (non-hydrogen) atoms. The highest BCUT2D eigenvalue weighted by molar-refractivity contribution is 7.22. The molecule has 2 aromatic carbocycles. The fourth-order valence-electron chi connectivity index (χ4n) is 3.17. The number of thiazole rings is 1. The van der Waals surface area contributed by atoms with E-state index in [1.54, 1.807) is 17.4 Å². The number of carbonyl (C=O) groups is 1. The van der Waals surface area contributed by atoms with Crippen molar-refractivity contribution in [3.8, 4) is 5.75 Å². The van der Waals surface area contributed by atoms with Crippen molar-refractivity contribution in [1.82, 2.24) is 14.5 Å². The molecule has 0 atom stereocenters. The van der Waals surface area contributed by atoms with Crippen molar-refractivity contribution < 1.29 is 13.9 Å². The quantitative estimate of drug-likeness (QED) is 0.323. The third kappa shape index (κ3) is 5.76. The van der Waals surface area contributed by atoms with Crippen LogP contribution in [-0.2, 0) is 11.3 Å². The summed E-state index contributed by atoms with van der Waals surface area (Å²) in [5, 5.41) is 1.23. The van der Waals surface area contributed by atoms with Gasteiger partial charge in [-0.15, -0.1) is 12.4 Å². The van der Waals surface area contributed by atoms with E-state index in [1.165, 1.54) is 35.6 Å². The molecular formula is C22H21Cl2FN4O2S. The monoisotopic (exact) mass is 494 g/mol. The third-order valence-electron chi connectivity index (χ3n) is 4.70. The Morgan fingerprint density at radius 3 is 2.78 bits per heavy atom. The van der Waals surface area contributed by atoms with E-state index in [2.05, 4.69) is 4.98 Å². The van der Waals surface area contributed by atoms with Gasteiger partial charge in [-0.3, -0.25) is 9.69 Å². The van der Waals surface area contributed by atoms with E-state index in [1.807, 2.05) is 29.8 Å². The number of benzene rings is 2. The largest absolute Gasteiger partial charge is 0.484 e. The minimum absolute atomic E-state index is 0. The molecule has 0 saturated heterocycles. The minimum Gasteiger partial charge on any atom is -0.484 e. The first-order chi connectivity index (χ1) is 15.0. The van der Waals surface area contributed by atoms with Gasteiger partial charge in [0.2, 0.25) is 0 Å². The van der Waals surface area contributed by atoms with Gasteiger partial charge in [-0.05, 0) is 55.3 Å². The number of aryl methyl sites for hydroxylation is 2. The van der Waals surface area contributed by atoms with Crippen LogP contribution in [0.3, 0.4) is 0 Å². The predicted molar refractivity (Wildman–Crippen MR) is 128 cm³/mol. The summed E-state index contributed by atoms with van der Waals surface area (Å²) in [6, 6.07) is 9.29. The van der Waals surface area contributed by atoms with Crippen LogP contribution < -0.4 is 9.64 Å². The van der Waals surface area contributed by atoms with Crippen LogP contribution >= 0.6 is 35.3 Å². The molecule has 10 heteroatoms. The van der Waals surface area contributed by atoms with Crippen molar-refractivity contribution in [1.29, 1.82) is 0 Å². The number of carbonyl (C=O) groups excluding carboxylic acids is 1. The van der Waals surface area contributed by atoms with Gasteiger partial charge in [0.05, 0.1) is 16.5 Å². The second kappa shape index (κ2) is 10.8. The summed E-state index contributed by atoms with van der Waals surface area (Å²) in [7, 11) is 0. The Bertz CT molecular complexity index is 1180. The van der Waals surface area contributed by atoms with Crippen LogP contribution in [0.15, 0.2) is 55.1 Å². The Hall–Kier alpha value is -2.68. The van der Waals surface area contributed by atoms with E-state index in [0.29, 0.717) is 28.9 Å². The van der Waals surface area contributed by atoms with Gasteiger partial charge in [0.1, 0.15) is 11.6 Å². The van der Waals surface area contributed by atoms with Gasteiger partial charge in [0.25, 0.3) is 5.91 Å². The van der Waals surface area contributed by atoms with Gasteiger partial charge in [-0.1, -0.05) is 22.9 Å². The van der Waals surface area contributed by atoms with Crippen molar-refractivity contribution in [2.24, 2.45) is 0 Å². The zero-order valence-electron chi connectivity index (χ0n) is 17.2. The molecule has 2 heterocycles. The number of hydrogen-bond donors (Lipinski definition) is 0. The first kappa shape index (κ1) is 24.0. The number of imidazole rings is 1. The Morgan fingerprint density at radius 1 is 1.28 bits per heavy atom. The molecular weight excluding hydrogens is 474 g/mol. The highest BCUT2D eigenvalue weighted by Gasteiger charge is 2.21. The summed E-state index contributed by atoms with van der Waals surface area (Å²) >= 11 is 7.61. The van der Waals surface area contributed by atoms with Gasteiger partial charge in [-0.2, -0.15) is 0 Å². The molecule has 0 aliphatic heterocycles. The second-order valence-corrected chi connectivity index (χ2v) is 8.45. The smallest absolute Gasteiger partial charge is 0.266 e. The lowest BCUT2D eigenvalue weighted by Crippen LogP contribution is -2.36. The molecule has 0 N–H and O–H groups in total. The van der Waals surface area contributed by atoms with Crippen LogP contribution in [0.2, 0.25) is 5.02 Å². The maximum Gasteiger partial charge on any atom is 0.266 e. The van der Waals surface area contributed by atoms with Crippen molar-refractivity contribution in [2.45, 2.75) is 19.9 Å². The minimum atomic E-state index is -0.358. The SMILES string of the molecule is Cc1cc(Cl)cc2sc(N(CCCn3ccnc3)C(=O)COc3ccc(F)cc3)nc12.Cl. The van der Waals surface area contributed by atoms with Crippen LogP contribution in [0.1, 0.15) is 12.0 Å². The standard InChI is InChI=1S/C22H20ClFN4O2S.ClH/c1-15-11-16(23)12-19-21(15)26-22(31-19)28(9-2-8-27-10-7-25-14-27)20(29)13-30-18-5-3-17(24)4-6-18;/h3-7,10-12,14H,2,8-9,13H2,1H3;1H. The molecule has 4 rings (SSSR count). The molecule has 0 aliphatic carbocycles. The maximum absolute atomic E-state index is 13.1. The Kier molecular flexibility index (Phi) is 8.06. The van der Waals surface area contributed by atoms with Crippen molar-refractivity contribution in [3.05, 3.63) is 71.5 Å². The number of aromatic nitrogens is 3. The number of hydrogen-bond acceptors (Lipinski definition) is 5. The highest BCUT2D eigenvalue weighted by Crippen LogP contribution is 2.33. The van der Waals surface area contributed by atoms with E-state index in [9.17, 15) is 9.18 Å². The topological polar surface area (TPSA) is 60.2 Å². The first-order valence-corrected chi connectivity index (χ1v) is 10.9. The maximum atomic E-state index is 13.1. The van der Waals surface area contributed by atoms with Gasteiger partial charge in [0, 0.05) is 30.5 Å². The van der Waals surface area contributed by atoms with E-state index in [4.69, 9.17) is 21.3 Å². The van der Waals surface area contributed by atoms with Crippen LogP contribution in [0.4, 0.5) is 9.52 Å². The molecule has 1 amide bonds. The van der Waals surface area contributed by atoms with E-state index < -0.39 is 0 Å². The summed E-state index contributed by atoms with van der Waals surface area (Å²) in [5.41, 5.74) is 1.79. The average molecular weight is 495 g/mol. The fraction of sp³-hybridized carbons (Fsp3) is 0.227. The van der Waals surface area contributed by atoms with Gasteiger partial charge in [0.15, 0.2) is 11.7 Å². The third-order valence-corrected chi connectivity index (χ3v) is 5.95. The zero-order chi connectivity index (χ0) is 21.8. The molecule has 0 saturated carbocycles. The van der Waals surface area contributed by atoms with Crippen molar-refractivity contribution in [3.63, 3.8) is 0 Å². The molecule has 0 fully saturated rings. The summed E-state index contributed by atoms with van der Waals surface area (Å²) in [4.78, 5) is 23.4. The number of amides is 1. The average Bonchev–Trinajstić information content (AvgIpc) is 3.40. The number of rotatable bonds is 8. The Labute approximate surface area is 200 Å². The molecule has 4 aromatic rings. The van der Waals surface area contributed by atoms with E-state index >= 15 is 0 Å². The predicted octanol–water partition coefficient (Wildman–Crippen LogP) is 5.52. The van der Waals surface area contributed by atoms with Crippen LogP contribution in [0.25, 0.3) is 10.2 Å². The molecule has 0 radical (unpaired) electrons. The number of halogens is 3. The van der Waals surface area contributed by atoms with E-state index in [0.717, 1.165) is 22.3 Å². The molecule has 0 aliphatic rings. The lowest BCUT2D eigenvalue weighted by Gasteiger charge is -2.20. The van der Waals surface area contributed by atoms with Crippen LogP contribution in [0, 0.1) is 12.7 Å². The lowest BCUT2D eigenvalue weighted by atomic mass is 10.2. The van der Waals surface area contributed by atoms with Crippen LogP contribution in [0.5, 0.6) is 5.75 Å². The molecule has 2 aromatic heterocycles. The fourth-order valence-corrected chi connectivity index (χ4v) is 4.63.